The number of hydrogen-bond acceptors (Lipinski definition) is 4. The number of hydrogen-bond donors (Lipinski definition) is 0. The Morgan fingerprint density at radius 2 is 0.673 bits per heavy atom. The molecule has 9 aromatic rings. The third-order valence-corrected chi connectivity index (χ3v) is 9.05. The predicted octanol–water partition coefficient (Wildman–Crippen LogP) is 12.7. The summed E-state index contributed by atoms with van der Waals surface area (Å²) in [6, 6.07) is 65.5. The van der Waals surface area contributed by atoms with E-state index in [-0.39, 0.29) is 0 Å². The molecule has 0 N–H and O–H groups in total. The zero-order chi connectivity index (χ0) is 32.6. The predicted molar refractivity (Wildman–Crippen MR) is 204 cm³/mol. The third-order valence-electron chi connectivity index (χ3n) is 9.05. The molecule has 0 radical (unpaired) electrons. The van der Waals surface area contributed by atoms with Gasteiger partial charge in [0.25, 0.3) is 0 Å². The molecule has 0 saturated heterocycles. The molecule has 1 heterocycles. The topological polar surface area (TPSA) is 32.5 Å². The Hall–Kier alpha value is -6.65. The number of anilines is 6. The van der Waals surface area contributed by atoms with Crippen molar-refractivity contribution in [3.8, 4) is 11.5 Å². The van der Waals surface area contributed by atoms with Crippen molar-refractivity contribution in [1.29, 1.82) is 0 Å². The number of rotatable bonds is 7. The summed E-state index contributed by atoms with van der Waals surface area (Å²) < 4.78 is 6.52. The van der Waals surface area contributed by atoms with Crippen molar-refractivity contribution in [2.75, 3.05) is 9.80 Å². The molecule has 49 heavy (non-hydrogen) atoms. The minimum absolute atomic E-state index is 0.612. The molecular formula is C45H31N3O. The number of para-hydroxylation sites is 3. The first kappa shape index (κ1) is 28.6. The van der Waals surface area contributed by atoms with Crippen molar-refractivity contribution in [1.82, 2.24) is 4.98 Å². The second kappa shape index (κ2) is 12.2. The van der Waals surface area contributed by atoms with Crippen LogP contribution in [0.3, 0.4) is 0 Å². The lowest BCUT2D eigenvalue weighted by Crippen LogP contribution is -2.12. The van der Waals surface area contributed by atoms with Gasteiger partial charge in [-0.15, -0.1) is 0 Å². The summed E-state index contributed by atoms with van der Waals surface area (Å²) in [6.45, 7) is 0. The van der Waals surface area contributed by atoms with Crippen LogP contribution in [0.5, 0.6) is 0 Å². The van der Waals surface area contributed by atoms with E-state index in [1.807, 2.05) is 18.2 Å². The Balaban J connectivity index is 1.10. The summed E-state index contributed by atoms with van der Waals surface area (Å²) in [4.78, 5) is 9.59. The molecule has 0 aliphatic rings. The van der Waals surface area contributed by atoms with Gasteiger partial charge in [0.1, 0.15) is 5.52 Å². The van der Waals surface area contributed by atoms with Crippen LogP contribution in [-0.4, -0.2) is 4.98 Å². The quantitative estimate of drug-likeness (QED) is 0.164. The average Bonchev–Trinajstić information content (AvgIpc) is 3.64. The number of oxazole rings is 1. The van der Waals surface area contributed by atoms with Crippen LogP contribution in [0.1, 0.15) is 0 Å². The minimum Gasteiger partial charge on any atom is -0.435 e. The first-order chi connectivity index (χ1) is 24.3. The van der Waals surface area contributed by atoms with Gasteiger partial charge in [0.15, 0.2) is 5.58 Å². The van der Waals surface area contributed by atoms with E-state index in [9.17, 15) is 0 Å². The van der Waals surface area contributed by atoms with E-state index >= 15 is 0 Å². The molecule has 0 aliphatic heterocycles. The van der Waals surface area contributed by atoms with Crippen molar-refractivity contribution in [3.05, 3.63) is 188 Å². The zero-order valence-electron chi connectivity index (χ0n) is 26.6. The largest absolute Gasteiger partial charge is 0.435 e. The molecule has 0 fully saturated rings. The highest BCUT2D eigenvalue weighted by atomic mass is 16.3. The SMILES string of the molecule is c1ccc(N(c2ccccc2)c2ccc(N(c3ccccc3)c3ccc(-c4nc5c6ccccc6c6ccccc6c5o4)cc3)cc2)cc1. The lowest BCUT2D eigenvalue weighted by atomic mass is 10.0. The fraction of sp³-hybridized carbons (Fsp3) is 0. The van der Waals surface area contributed by atoms with E-state index < -0.39 is 0 Å². The highest BCUT2D eigenvalue weighted by Crippen LogP contribution is 2.41. The van der Waals surface area contributed by atoms with E-state index in [1.165, 1.54) is 10.8 Å². The summed E-state index contributed by atoms with van der Waals surface area (Å²) in [5.74, 6) is 0.612. The van der Waals surface area contributed by atoms with Crippen LogP contribution in [-0.2, 0) is 0 Å². The summed E-state index contributed by atoms with van der Waals surface area (Å²) in [5.41, 5.74) is 9.11. The van der Waals surface area contributed by atoms with Gasteiger partial charge < -0.3 is 14.2 Å². The van der Waals surface area contributed by atoms with Crippen LogP contribution in [0, 0.1) is 0 Å². The second-order valence-corrected chi connectivity index (χ2v) is 12.0. The molecule has 0 saturated carbocycles. The summed E-state index contributed by atoms with van der Waals surface area (Å²) in [6.07, 6.45) is 0. The molecular weight excluding hydrogens is 599 g/mol. The van der Waals surface area contributed by atoms with E-state index in [2.05, 4.69) is 180 Å². The van der Waals surface area contributed by atoms with E-state index in [4.69, 9.17) is 9.40 Å². The van der Waals surface area contributed by atoms with Crippen LogP contribution in [0.4, 0.5) is 34.1 Å². The van der Waals surface area contributed by atoms with Crippen molar-refractivity contribution >= 4 is 66.8 Å². The molecule has 8 aromatic carbocycles. The number of benzene rings is 8. The molecule has 9 rings (SSSR count). The van der Waals surface area contributed by atoms with E-state index in [0.717, 1.165) is 61.6 Å². The Kier molecular flexibility index (Phi) is 7.10. The molecule has 232 valence electrons. The number of nitrogens with zero attached hydrogens (tertiary/aromatic N) is 3. The lowest BCUT2D eigenvalue weighted by molar-refractivity contribution is 0.623. The lowest BCUT2D eigenvalue weighted by Gasteiger charge is -2.28. The van der Waals surface area contributed by atoms with Gasteiger partial charge in [-0.05, 0) is 95.7 Å². The average molecular weight is 630 g/mol. The van der Waals surface area contributed by atoms with Crippen LogP contribution in [0.25, 0.3) is 44.1 Å². The molecule has 0 bridgehead atoms. The summed E-state index contributed by atoms with van der Waals surface area (Å²) in [7, 11) is 0. The van der Waals surface area contributed by atoms with Crippen molar-refractivity contribution < 1.29 is 4.42 Å². The maximum absolute atomic E-state index is 6.52. The van der Waals surface area contributed by atoms with Crippen LogP contribution in [0.2, 0.25) is 0 Å². The third kappa shape index (κ3) is 5.16. The van der Waals surface area contributed by atoms with Gasteiger partial charge >= 0.3 is 0 Å². The fourth-order valence-electron chi connectivity index (χ4n) is 6.78. The second-order valence-electron chi connectivity index (χ2n) is 12.0. The molecule has 4 heteroatoms. The van der Waals surface area contributed by atoms with Crippen LogP contribution >= 0.6 is 0 Å². The smallest absolute Gasteiger partial charge is 0.227 e. The van der Waals surface area contributed by atoms with Gasteiger partial charge in [-0.2, -0.15) is 0 Å². The first-order valence-corrected chi connectivity index (χ1v) is 16.5. The number of fused-ring (bicyclic) bond motifs is 6. The molecule has 0 unspecified atom stereocenters. The van der Waals surface area contributed by atoms with Crippen molar-refractivity contribution in [3.63, 3.8) is 0 Å². The normalized spacial score (nSPS) is 11.3. The standard InChI is InChI=1S/C45H31N3O/c1-4-14-33(15-5-1)47(34-16-6-2-7-17-34)37-28-30-38(31-29-37)48(35-18-8-3-9-19-35)36-26-24-32(25-27-36)45-46-43-41-22-12-10-20-39(41)40-21-11-13-23-42(40)44(43)49-45/h1-31H. The highest BCUT2D eigenvalue weighted by Gasteiger charge is 2.18. The van der Waals surface area contributed by atoms with Crippen LogP contribution in [0.15, 0.2) is 192 Å². The molecule has 0 spiro atoms. The van der Waals surface area contributed by atoms with Gasteiger partial charge in [-0.3, -0.25) is 0 Å². The molecule has 4 nitrogen and oxygen atoms in total. The van der Waals surface area contributed by atoms with Gasteiger partial charge in [0.05, 0.1) is 0 Å². The zero-order valence-corrected chi connectivity index (χ0v) is 26.6. The molecule has 0 aliphatic carbocycles. The molecule has 0 amide bonds. The van der Waals surface area contributed by atoms with E-state index in [1.54, 1.807) is 0 Å². The Labute approximate surface area is 284 Å². The minimum atomic E-state index is 0.612. The monoisotopic (exact) mass is 629 g/mol. The highest BCUT2D eigenvalue weighted by molar-refractivity contribution is 6.22. The maximum Gasteiger partial charge on any atom is 0.227 e. The fourth-order valence-corrected chi connectivity index (χ4v) is 6.78. The van der Waals surface area contributed by atoms with E-state index in [0.29, 0.717) is 5.89 Å². The first-order valence-electron chi connectivity index (χ1n) is 16.5. The van der Waals surface area contributed by atoms with Gasteiger partial charge in [-0.25, -0.2) is 4.98 Å². The summed E-state index contributed by atoms with van der Waals surface area (Å²) in [5, 5.41) is 4.52. The van der Waals surface area contributed by atoms with Gasteiger partial charge in [0.2, 0.25) is 5.89 Å². The summed E-state index contributed by atoms with van der Waals surface area (Å²) >= 11 is 0. The van der Waals surface area contributed by atoms with Crippen molar-refractivity contribution in [2.45, 2.75) is 0 Å². The van der Waals surface area contributed by atoms with Crippen LogP contribution < -0.4 is 9.80 Å². The maximum atomic E-state index is 6.52. The molecule has 0 atom stereocenters. The Morgan fingerprint density at radius 3 is 1.14 bits per heavy atom. The molecule has 1 aromatic heterocycles. The number of aromatic nitrogens is 1. The van der Waals surface area contributed by atoms with Gasteiger partial charge in [0, 0.05) is 50.5 Å². The Bertz CT molecular complexity index is 2410. The Morgan fingerprint density at radius 1 is 0.327 bits per heavy atom. The van der Waals surface area contributed by atoms with Crippen molar-refractivity contribution in [2.24, 2.45) is 0 Å². The van der Waals surface area contributed by atoms with Gasteiger partial charge in [-0.1, -0.05) is 103 Å².